The summed E-state index contributed by atoms with van der Waals surface area (Å²) >= 11 is 0. The van der Waals surface area contributed by atoms with Crippen LogP contribution in [0, 0.1) is 0 Å². The van der Waals surface area contributed by atoms with Gasteiger partial charge in [-0.2, -0.15) is 0 Å². The van der Waals surface area contributed by atoms with Crippen LogP contribution in [0.5, 0.6) is 0 Å². The standard InChI is InChI=1S/C10H20N2O2/c1-11-9(13)14-8-10(12-2)6-4-3-5-7-10/h12H,3-8H2,1-2H3,(H,11,13). The summed E-state index contributed by atoms with van der Waals surface area (Å²) in [7, 11) is 3.52. The van der Waals surface area contributed by atoms with E-state index < -0.39 is 0 Å². The van der Waals surface area contributed by atoms with Crippen molar-refractivity contribution in [2.45, 2.75) is 37.6 Å². The van der Waals surface area contributed by atoms with Crippen LogP contribution in [0.1, 0.15) is 32.1 Å². The molecular formula is C10H20N2O2. The first kappa shape index (κ1) is 11.3. The van der Waals surface area contributed by atoms with Crippen molar-refractivity contribution in [3.63, 3.8) is 0 Å². The van der Waals surface area contributed by atoms with E-state index in [0.717, 1.165) is 12.8 Å². The molecule has 4 nitrogen and oxygen atoms in total. The maximum atomic E-state index is 11.0. The molecule has 2 N–H and O–H groups in total. The highest BCUT2D eigenvalue weighted by Gasteiger charge is 2.31. The Hall–Kier alpha value is -0.770. The number of amides is 1. The molecule has 0 aromatic heterocycles. The second kappa shape index (κ2) is 5.20. The number of ether oxygens (including phenoxy) is 1. The molecular weight excluding hydrogens is 180 g/mol. The molecule has 0 aliphatic heterocycles. The third kappa shape index (κ3) is 2.87. The summed E-state index contributed by atoms with van der Waals surface area (Å²) in [4.78, 5) is 11.0. The fourth-order valence-corrected chi connectivity index (χ4v) is 1.97. The Balaban J connectivity index is 2.39. The van der Waals surface area contributed by atoms with Crippen LogP contribution < -0.4 is 10.6 Å². The second-order valence-corrected chi connectivity index (χ2v) is 3.92. The molecule has 14 heavy (non-hydrogen) atoms. The van der Waals surface area contributed by atoms with Gasteiger partial charge in [0.25, 0.3) is 0 Å². The first-order chi connectivity index (χ1) is 6.72. The topological polar surface area (TPSA) is 50.4 Å². The first-order valence-corrected chi connectivity index (χ1v) is 5.26. The zero-order chi connectivity index (χ0) is 10.4. The SMILES string of the molecule is CNC(=O)OCC1(NC)CCCCC1. The molecule has 0 unspecified atom stereocenters. The summed E-state index contributed by atoms with van der Waals surface area (Å²) in [5.41, 5.74) is 0.0186. The van der Waals surface area contributed by atoms with Crippen LogP contribution in [-0.4, -0.2) is 32.3 Å². The lowest BCUT2D eigenvalue weighted by Gasteiger charge is -2.36. The van der Waals surface area contributed by atoms with Crippen molar-refractivity contribution in [2.75, 3.05) is 20.7 Å². The number of alkyl carbamates (subject to hydrolysis) is 1. The van der Waals surface area contributed by atoms with Crippen LogP contribution in [0.25, 0.3) is 0 Å². The molecule has 1 aliphatic rings. The highest BCUT2D eigenvalue weighted by Crippen LogP contribution is 2.27. The van der Waals surface area contributed by atoms with Crippen LogP contribution in [0.2, 0.25) is 0 Å². The van der Waals surface area contributed by atoms with Crippen molar-refractivity contribution >= 4 is 6.09 Å². The maximum absolute atomic E-state index is 11.0. The Kier molecular flexibility index (Phi) is 4.20. The maximum Gasteiger partial charge on any atom is 0.406 e. The summed E-state index contributed by atoms with van der Waals surface area (Å²) in [6.45, 7) is 0.475. The number of rotatable bonds is 3. The van der Waals surface area contributed by atoms with Gasteiger partial charge in [0.2, 0.25) is 0 Å². The average molecular weight is 200 g/mol. The summed E-state index contributed by atoms with van der Waals surface area (Å²) in [5, 5.41) is 5.75. The van der Waals surface area contributed by atoms with Gasteiger partial charge in [0.1, 0.15) is 6.61 Å². The Morgan fingerprint density at radius 2 is 1.93 bits per heavy atom. The molecule has 1 rings (SSSR count). The number of nitrogens with one attached hydrogen (secondary N) is 2. The number of hydrogen-bond donors (Lipinski definition) is 2. The molecule has 0 heterocycles. The van der Waals surface area contributed by atoms with Gasteiger partial charge in [0.15, 0.2) is 0 Å². The van der Waals surface area contributed by atoms with Gasteiger partial charge in [-0.05, 0) is 19.9 Å². The zero-order valence-electron chi connectivity index (χ0n) is 9.06. The van der Waals surface area contributed by atoms with Gasteiger partial charge in [-0.1, -0.05) is 19.3 Å². The Bertz CT molecular complexity index is 189. The van der Waals surface area contributed by atoms with Crippen molar-refractivity contribution in [3.8, 4) is 0 Å². The van der Waals surface area contributed by atoms with Crippen molar-refractivity contribution in [1.82, 2.24) is 10.6 Å². The van der Waals surface area contributed by atoms with E-state index in [2.05, 4.69) is 10.6 Å². The molecule has 1 fully saturated rings. The van der Waals surface area contributed by atoms with Gasteiger partial charge >= 0.3 is 6.09 Å². The van der Waals surface area contributed by atoms with E-state index in [0.29, 0.717) is 6.61 Å². The van der Waals surface area contributed by atoms with Crippen LogP contribution >= 0.6 is 0 Å². The third-order valence-electron chi connectivity index (χ3n) is 3.02. The van der Waals surface area contributed by atoms with Crippen LogP contribution in [0.3, 0.4) is 0 Å². The number of likely N-dealkylation sites (N-methyl/N-ethyl adjacent to an activating group) is 1. The molecule has 1 amide bonds. The molecule has 0 aromatic carbocycles. The van der Waals surface area contributed by atoms with E-state index in [-0.39, 0.29) is 11.6 Å². The van der Waals surface area contributed by atoms with Gasteiger partial charge < -0.3 is 15.4 Å². The van der Waals surface area contributed by atoms with E-state index in [9.17, 15) is 4.79 Å². The van der Waals surface area contributed by atoms with Crippen LogP contribution in [-0.2, 0) is 4.74 Å². The van der Waals surface area contributed by atoms with E-state index in [1.54, 1.807) is 7.05 Å². The minimum atomic E-state index is -0.342. The van der Waals surface area contributed by atoms with Crippen molar-refractivity contribution in [2.24, 2.45) is 0 Å². The largest absolute Gasteiger partial charge is 0.448 e. The monoisotopic (exact) mass is 200 g/mol. The van der Waals surface area contributed by atoms with E-state index in [1.807, 2.05) is 7.05 Å². The lowest BCUT2D eigenvalue weighted by Crippen LogP contribution is -2.49. The second-order valence-electron chi connectivity index (χ2n) is 3.92. The number of hydrogen-bond acceptors (Lipinski definition) is 3. The molecule has 0 spiro atoms. The van der Waals surface area contributed by atoms with Gasteiger partial charge in [-0.3, -0.25) is 0 Å². The number of carbonyl (C=O) groups excluding carboxylic acids is 1. The fourth-order valence-electron chi connectivity index (χ4n) is 1.97. The summed E-state index contributed by atoms with van der Waals surface area (Å²) < 4.78 is 5.11. The summed E-state index contributed by atoms with van der Waals surface area (Å²) in [6, 6.07) is 0. The Morgan fingerprint density at radius 1 is 1.29 bits per heavy atom. The molecule has 0 atom stereocenters. The Labute approximate surface area is 85.4 Å². The summed E-state index contributed by atoms with van der Waals surface area (Å²) in [6.07, 6.45) is 5.59. The molecule has 1 saturated carbocycles. The van der Waals surface area contributed by atoms with Gasteiger partial charge in [-0.25, -0.2) is 4.79 Å². The third-order valence-corrected chi connectivity index (χ3v) is 3.02. The normalized spacial score (nSPS) is 20.1. The predicted molar refractivity (Wildman–Crippen MR) is 55.3 cm³/mol. The molecule has 0 bridgehead atoms. The van der Waals surface area contributed by atoms with Crippen molar-refractivity contribution in [3.05, 3.63) is 0 Å². The first-order valence-electron chi connectivity index (χ1n) is 5.26. The molecule has 1 aliphatic carbocycles. The zero-order valence-corrected chi connectivity index (χ0v) is 9.06. The Morgan fingerprint density at radius 3 is 2.43 bits per heavy atom. The van der Waals surface area contributed by atoms with Gasteiger partial charge in [-0.15, -0.1) is 0 Å². The summed E-state index contributed by atoms with van der Waals surface area (Å²) in [5.74, 6) is 0. The lowest BCUT2D eigenvalue weighted by atomic mass is 9.82. The van der Waals surface area contributed by atoms with Crippen LogP contribution in [0.4, 0.5) is 4.79 Å². The molecule has 0 radical (unpaired) electrons. The van der Waals surface area contributed by atoms with Gasteiger partial charge in [0.05, 0.1) is 5.54 Å². The fraction of sp³-hybridized carbons (Fsp3) is 0.900. The lowest BCUT2D eigenvalue weighted by molar-refractivity contribution is 0.0882. The predicted octanol–water partition coefficient (Wildman–Crippen LogP) is 1.26. The number of carbonyl (C=O) groups is 1. The molecule has 0 saturated heterocycles. The van der Waals surface area contributed by atoms with Crippen molar-refractivity contribution in [1.29, 1.82) is 0 Å². The smallest absolute Gasteiger partial charge is 0.406 e. The van der Waals surface area contributed by atoms with E-state index >= 15 is 0 Å². The highest BCUT2D eigenvalue weighted by atomic mass is 16.5. The molecule has 82 valence electrons. The molecule has 0 aromatic rings. The van der Waals surface area contributed by atoms with Crippen LogP contribution in [0.15, 0.2) is 0 Å². The average Bonchev–Trinajstić information content (AvgIpc) is 2.27. The van der Waals surface area contributed by atoms with E-state index in [4.69, 9.17) is 4.74 Å². The molecule has 4 heteroatoms. The highest BCUT2D eigenvalue weighted by molar-refractivity contribution is 5.66. The minimum absolute atomic E-state index is 0.0186. The van der Waals surface area contributed by atoms with Gasteiger partial charge in [0, 0.05) is 7.05 Å². The quantitative estimate of drug-likeness (QED) is 0.721. The van der Waals surface area contributed by atoms with E-state index in [1.165, 1.54) is 19.3 Å². The minimum Gasteiger partial charge on any atom is -0.448 e. The van der Waals surface area contributed by atoms with Crippen molar-refractivity contribution < 1.29 is 9.53 Å².